The van der Waals surface area contributed by atoms with Crippen molar-refractivity contribution in [3.05, 3.63) is 0 Å². The van der Waals surface area contributed by atoms with Crippen molar-refractivity contribution in [2.24, 2.45) is 5.73 Å². The van der Waals surface area contributed by atoms with Gasteiger partial charge in [0.2, 0.25) is 0 Å². The second-order valence-electron chi connectivity index (χ2n) is 3.00. The van der Waals surface area contributed by atoms with Gasteiger partial charge < -0.3 is 15.6 Å². The second kappa shape index (κ2) is 7.32. The number of esters is 1. The third-order valence-corrected chi connectivity index (χ3v) is 1.77. The highest BCUT2D eigenvalue weighted by Crippen LogP contribution is 2.03. The summed E-state index contributed by atoms with van der Waals surface area (Å²) in [6, 6.07) is -0.822. The van der Waals surface area contributed by atoms with Crippen molar-refractivity contribution >= 4 is 11.9 Å². The average molecular weight is 203 g/mol. The Kier molecular flexibility index (Phi) is 6.74. The Hall–Kier alpha value is -1.10. The maximum Gasteiger partial charge on any atom is 0.320 e. The summed E-state index contributed by atoms with van der Waals surface area (Å²) in [5.41, 5.74) is 5.28. The van der Waals surface area contributed by atoms with Crippen molar-refractivity contribution in [1.82, 2.24) is 0 Å². The van der Waals surface area contributed by atoms with Gasteiger partial charge in [-0.1, -0.05) is 6.42 Å². The minimum Gasteiger partial charge on any atom is -0.480 e. The smallest absolute Gasteiger partial charge is 0.320 e. The molecule has 0 fully saturated rings. The third kappa shape index (κ3) is 6.42. The summed E-state index contributed by atoms with van der Waals surface area (Å²) in [5.74, 6) is -1.24. The zero-order valence-corrected chi connectivity index (χ0v) is 8.36. The van der Waals surface area contributed by atoms with Crippen LogP contribution in [0.15, 0.2) is 0 Å². The molecule has 3 N–H and O–H groups in total. The Balaban J connectivity index is 3.37. The fraction of sp³-hybridized carbons (Fsp3) is 0.778. The summed E-state index contributed by atoms with van der Waals surface area (Å²) in [5, 5.41) is 8.46. The first-order valence-corrected chi connectivity index (χ1v) is 4.72. The van der Waals surface area contributed by atoms with Crippen molar-refractivity contribution in [2.75, 3.05) is 6.61 Å². The Morgan fingerprint density at radius 1 is 1.43 bits per heavy atom. The van der Waals surface area contributed by atoms with E-state index in [1.165, 1.54) is 0 Å². The predicted molar refractivity (Wildman–Crippen MR) is 50.7 cm³/mol. The fourth-order valence-corrected chi connectivity index (χ4v) is 0.990. The zero-order chi connectivity index (χ0) is 11.0. The second-order valence-corrected chi connectivity index (χ2v) is 3.00. The molecule has 0 saturated heterocycles. The van der Waals surface area contributed by atoms with Crippen LogP contribution >= 0.6 is 0 Å². The van der Waals surface area contributed by atoms with E-state index < -0.39 is 12.0 Å². The van der Waals surface area contributed by atoms with Crippen molar-refractivity contribution < 1.29 is 19.4 Å². The highest BCUT2D eigenvalue weighted by molar-refractivity contribution is 5.73. The van der Waals surface area contributed by atoms with Gasteiger partial charge in [-0.3, -0.25) is 9.59 Å². The van der Waals surface area contributed by atoms with Gasteiger partial charge in [0, 0.05) is 6.42 Å². The lowest BCUT2D eigenvalue weighted by Crippen LogP contribution is -2.29. The maximum absolute atomic E-state index is 10.9. The molecular weight excluding hydrogens is 186 g/mol. The number of hydrogen-bond donors (Lipinski definition) is 2. The van der Waals surface area contributed by atoms with Gasteiger partial charge in [0.1, 0.15) is 6.04 Å². The van der Waals surface area contributed by atoms with Crippen molar-refractivity contribution in [3.63, 3.8) is 0 Å². The van der Waals surface area contributed by atoms with Crippen LogP contribution in [0.5, 0.6) is 0 Å². The molecule has 1 atom stereocenters. The lowest BCUT2D eigenvalue weighted by Gasteiger charge is -2.05. The molecular formula is C9H17NO4. The SMILES string of the molecule is CCOC(=O)CCCCC(N)C(=O)O. The van der Waals surface area contributed by atoms with Crippen molar-refractivity contribution in [3.8, 4) is 0 Å². The molecule has 0 aromatic heterocycles. The van der Waals surface area contributed by atoms with E-state index >= 15 is 0 Å². The molecule has 0 radical (unpaired) electrons. The first-order valence-electron chi connectivity index (χ1n) is 4.72. The van der Waals surface area contributed by atoms with Crippen molar-refractivity contribution in [1.29, 1.82) is 0 Å². The molecule has 0 aliphatic heterocycles. The molecule has 0 aromatic carbocycles. The molecule has 14 heavy (non-hydrogen) atoms. The minimum atomic E-state index is -0.999. The maximum atomic E-state index is 10.9. The molecule has 0 saturated carbocycles. The Morgan fingerprint density at radius 3 is 2.57 bits per heavy atom. The number of aliphatic carboxylic acids is 1. The van der Waals surface area contributed by atoms with Gasteiger partial charge in [0.25, 0.3) is 0 Å². The van der Waals surface area contributed by atoms with Crippen LogP contribution in [0.2, 0.25) is 0 Å². The number of carbonyl (C=O) groups is 2. The van der Waals surface area contributed by atoms with E-state index in [4.69, 9.17) is 15.6 Å². The van der Waals surface area contributed by atoms with Gasteiger partial charge in [-0.05, 0) is 19.8 Å². The number of hydrogen-bond acceptors (Lipinski definition) is 4. The van der Waals surface area contributed by atoms with Crippen LogP contribution in [-0.4, -0.2) is 29.7 Å². The monoisotopic (exact) mass is 203 g/mol. The molecule has 1 unspecified atom stereocenters. The summed E-state index contributed by atoms with van der Waals surface area (Å²) in [6.45, 7) is 2.13. The molecule has 0 spiro atoms. The summed E-state index contributed by atoms with van der Waals surface area (Å²) in [4.78, 5) is 21.2. The van der Waals surface area contributed by atoms with Gasteiger partial charge in [-0.15, -0.1) is 0 Å². The Bertz CT molecular complexity index is 193. The minimum absolute atomic E-state index is 0.239. The van der Waals surface area contributed by atoms with E-state index in [0.717, 1.165) is 0 Å². The highest BCUT2D eigenvalue weighted by atomic mass is 16.5. The molecule has 0 amide bonds. The molecule has 0 bridgehead atoms. The number of carboxylic acids is 1. The van der Waals surface area contributed by atoms with Gasteiger partial charge in [-0.25, -0.2) is 0 Å². The number of unbranched alkanes of at least 4 members (excludes halogenated alkanes) is 1. The van der Waals surface area contributed by atoms with E-state index in [2.05, 4.69) is 0 Å². The lowest BCUT2D eigenvalue weighted by molar-refractivity contribution is -0.143. The van der Waals surface area contributed by atoms with Gasteiger partial charge in [0.05, 0.1) is 6.61 Å². The molecule has 5 heteroatoms. The van der Waals surface area contributed by atoms with Crippen LogP contribution in [-0.2, 0) is 14.3 Å². The summed E-state index contributed by atoms with van der Waals surface area (Å²) < 4.78 is 4.71. The molecule has 0 rings (SSSR count). The van der Waals surface area contributed by atoms with Crippen LogP contribution in [0, 0.1) is 0 Å². The topological polar surface area (TPSA) is 89.6 Å². The predicted octanol–water partition coefficient (Wildman–Crippen LogP) is 0.522. The van der Waals surface area contributed by atoms with E-state index in [9.17, 15) is 9.59 Å². The molecule has 0 aromatic rings. The highest BCUT2D eigenvalue weighted by Gasteiger charge is 2.10. The Labute approximate surface area is 83.2 Å². The van der Waals surface area contributed by atoms with Crippen LogP contribution in [0.4, 0.5) is 0 Å². The first kappa shape index (κ1) is 12.9. The van der Waals surface area contributed by atoms with E-state index in [1.54, 1.807) is 6.92 Å². The van der Waals surface area contributed by atoms with Crippen LogP contribution in [0.1, 0.15) is 32.6 Å². The summed E-state index contributed by atoms with van der Waals surface area (Å²) >= 11 is 0. The number of rotatable bonds is 7. The normalized spacial score (nSPS) is 12.1. The summed E-state index contributed by atoms with van der Waals surface area (Å²) in [7, 11) is 0. The zero-order valence-electron chi connectivity index (χ0n) is 8.36. The van der Waals surface area contributed by atoms with Crippen LogP contribution in [0.25, 0.3) is 0 Å². The van der Waals surface area contributed by atoms with E-state index in [1.807, 2.05) is 0 Å². The summed E-state index contributed by atoms with van der Waals surface area (Å²) in [6.07, 6.45) is 1.99. The van der Waals surface area contributed by atoms with Gasteiger partial charge in [0.15, 0.2) is 0 Å². The number of nitrogens with two attached hydrogens (primary N) is 1. The van der Waals surface area contributed by atoms with Gasteiger partial charge in [-0.2, -0.15) is 0 Å². The van der Waals surface area contributed by atoms with E-state index in [0.29, 0.717) is 32.3 Å². The standard InChI is InChI=1S/C9H17NO4/c1-2-14-8(11)6-4-3-5-7(10)9(12)13/h7H,2-6,10H2,1H3,(H,12,13). The Morgan fingerprint density at radius 2 is 2.07 bits per heavy atom. The average Bonchev–Trinajstić information content (AvgIpc) is 2.12. The molecule has 5 nitrogen and oxygen atoms in total. The van der Waals surface area contributed by atoms with E-state index in [-0.39, 0.29) is 5.97 Å². The van der Waals surface area contributed by atoms with Crippen LogP contribution in [0.3, 0.4) is 0 Å². The van der Waals surface area contributed by atoms with Gasteiger partial charge >= 0.3 is 11.9 Å². The van der Waals surface area contributed by atoms with Crippen LogP contribution < -0.4 is 5.73 Å². The number of ether oxygens (including phenoxy) is 1. The quantitative estimate of drug-likeness (QED) is 0.465. The molecule has 0 heterocycles. The van der Waals surface area contributed by atoms with Crippen molar-refractivity contribution in [2.45, 2.75) is 38.6 Å². The fourth-order valence-electron chi connectivity index (χ4n) is 0.990. The first-order chi connectivity index (χ1) is 6.57. The number of carbonyl (C=O) groups excluding carboxylic acids is 1. The molecule has 82 valence electrons. The lowest BCUT2D eigenvalue weighted by atomic mass is 10.1. The largest absolute Gasteiger partial charge is 0.480 e. The molecule has 0 aliphatic rings. The number of carboxylic acid groups (broad SMARTS) is 1. The third-order valence-electron chi connectivity index (χ3n) is 1.77. The molecule has 0 aliphatic carbocycles.